The summed E-state index contributed by atoms with van der Waals surface area (Å²) in [6.45, 7) is 5.13. The molecule has 0 amide bonds. The van der Waals surface area contributed by atoms with Gasteiger partial charge in [0.1, 0.15) is 5.78 Å². The van der Waals surface area contributed by atoms with Crippen LogP contribution in [0.3, 0.4) is 0 Å². The fourth-order valence-electron chi connectivity index (χ4n) is 3.23. The maximum Gasteiger partial charge on any atom is 0.140 e. The Balaban J connectivity index is 0.00000133. The number of Topliss-reactive ketones (excluding diaryl/α,β-unsaturated/α-hetero) is 1. The van der Waals surface area contributed by atoms with Crippen LogP contribution in [0.25, 0.3) is 0 Å². The molecule has 3 rings (SSSR count). The van der Waals surface area contributed by atoms with Gasteiger partial charge in [0.15, 0.2) is 0 Å². The minimum atomic E-state index is 0. The predicted octanol–water partition coefficient (Wildman–Crippen LogP) is 3.32. The summed E-state index contributed by atoms with van der Waals surface area (Å²) in [6, 6.07) is 8.46. The Labute approximate surface area is 120 Å². The first-order chi connectivity index (χ1) is 8.55. The molecule has 4 heteroatoms. The highest BCUT2D eigenvalue weighted by molar-refractivity contribution is 5.86. The van der Waals surface area contributed by atoms with E-state index in [1.165, 1.54) is 0 Å². The molecule has 0 radical (unpaired) electrons. The molecule has 0 saturated heterocycles. The van der Waals surface area contributed by atoms with Crippen molar-refractivity contribution in [3.05, 3.63) is 24.3 Å². The van der Waals surface area contributed by atoms with Crippen LogP contribution in [0.5, 0.6) is 0 Å². The monoisotopic (exact) mass is 280 g/mol. The number of para-hydroxylation sites is 2. The molecule has 2 unspecified atom stereocenters. The van der Waals surface area contributed by atoms with E-state index in [0.29, 0.717) is 12.2 Å². The SMILES string of the molecule is CC1(C)CC(=O)C2CNc3ccccc3NC2C1.Cl. The van der Waals surface area contributed by atoms with Crippen LogP contribution in [-0.2, 0) is 4.79 Å². The molecule has 1 heterocycles. The third kappa shape index (κ3) is 2.71. The summed E-state index contributed by atoms with van der Waals surface area (Å²) in [4.78, 5) is 12.3. The highest BCUT2D eigenvalue weighted by atomic mass is 35.5. The molecule has 1 aliphatic carbocycles. The molecular formula is C15H21ClN2O. The van der Waals surface area contributed by atoms with Gasteiger partial charge in [-0.2, -0.15) is 0 Å². The fourth-order valence-corrected chi connectivity index (χ4v) is 3.23. The standard InChI is InChI=1S/C15H20N2O.ClH/c1-15(2)7-13-10(14(18)8-15)9-16-11-5-3-4-6-12(11)17-13;/h3-6,10,13,16-17H,7-9H2,1-2H3;1H. The molecule has 19 heavy (non-hydrogen) atoms. The van der Waals surface area contributed by atoms with E-state index in [2.05, 4.69) is 36.6 Å². The summed E-state index contributed by atoms with van der Waals surface area (Å²) in [5, 5.41) is 6.96. The first kappa shape index (κ1) is 14.2. The van der Waals surface area contributed by atoms with Crippen molar-refractivity contribution in [1.29, 1.82) is 0 Å². The Kier molecular flexibility index (Phi) is 3.77. The van der Waals surface area contributed by atoms with Crippen molar-refractivity contribution in [3.63, 3.8) is 0 Å². The topological polar surface area (TPSA) is 41.1 Å². The summed E-state index contributed by atoms with van der Waals surface area (Å²) in [6.07, 6.45) is 1.76. The Morgan fingerprint density at radius 3 is 2.63 bits per heavy atom. The Morgan fingerprint density at radius 2 is 1.89 bits per heavy atom. The van der Waals surface area contributed by atoms with Crippen LogP contribution in [0.2, 0.25) is 0 Å². The largest absolute Gasteiger partial charge is 0.383 e. The smallest absolute Gasteiger partial charge is 0.140 e. The van der Waals surface area contributed by atoms with Crippen LogP contribution in [-0.4, -0.2) is 18.4 Å². The van der Waals surface area contributed by atoms with Gasteiger partial charge in [0.05, 0.1) is 17.3 Å². The lowest BCUT2D eigenvalue weighted by Gasteiger charge is -2.39. The number of fused-ring (bicyclic) bond motifs is 2. The Hall–Kier alpha value is -1.22. The zero-order valence-corrected chi connectivity index (χ0v) is 12.2. The third-order valence-electron chi connectivity index (χ3n) is 4.10. The number of benzene rings is 1. The molecule has 1 aromatic rings. The van der Waals surface area contributed by atoms with Crippen LogP contribution in [0.4, 0.5) is 11.4 Å². The maximum absolute atomic E-state index is 12.3. The first-order valence-corrected chi connectivity index (χ1v) is 6.67. The van der Waals surface area contributed by atoms with E-state index in [1.54, 1.807) is 0 Å². The van der Waals surface area contributed by atoms with E-state index in [0.717, 1.165) is 24.3 Å². The number of hydrogen-bond donors (Lipinski definition) is 2. The predicted molar refractivity (Wildman–Crippen MR) is 81.1 cm³/mol. The lowest BCUT2D eigenvalue weighted by atomic mass is 9.69. The normalized spacial score (nSPS) is 27.8. The van der Waals surface area contributed by atoms with Gasteiger partial charge in [-0.05, 0) is 24.0 Å². The number of hydrogen-bond acceptors (Lipinski definition) is 3. The number of carbonyl (C=O) groups excluding carboxylic acids is 1. The molecule has 0 spiro atoms. The zero-order valence-electron chi connectivity index (χ0n) is 11.4. The summed E-state index contributed by atoms with van der Waals surface area (Å²) in [5.41, 5.74) is 2.35. The zero-order chi connectivity index (χ0) is 12.8. The number of ketones is 1. The van der Waals surface area contributed by atoms with Crippen LogP contribution < -0.4 is 10.6 Å². The van der Waals surface area contributed by atoms with Crippen LogP contribution in [0.15, 0.2) is 24.3 Å². The third-order valence-corrected chi connectivity index (χ3v) is 4.10. The number of halogens is 1. The van der Waals surface area contributed by atoms with Crippen molar-refractivity contribution < 1.29 is 4.79 Å². The van der Waals surface area contributed by atoms with Crippen molar-refractivity contribution in [2.45, 2.75) is 32.7 Å². The second-order valence-corrected chi connectivity index (χ2v) is 6.30. The van der Waals surface area contributed by atoms with Gasteiger partial charge in [-0.15, -0.1) is 12.4 Å². The van der Waals surface area contributed by atoms with Crippen molar-refractivity contribution in [2.75, 3.05) is 17.2 Å². The molecule has 1 fully saturated rings. The Morgan fingerprint density at radius 1 is 1.21 bits per heavy atom. The van der Waals surface area contributed by atoms with Crippen molar-refractivity contribution in [2.24, 2.45) is 11.3 Å². The van der Waals surface area contributed by atoms with Gasteiger partial charge in [-0.25, -0.2) is 0 Å². The number of rotatable bonds is 0. The van der Waals surface area contributed by atoms with E-state index >= 15 is 0 Å². The highest BCUT2D eigenvalue weighted by Crippen LogP contribution is 2.40. The van der Waals surface area contributed by atoms with Gasteiger partial charge in [-0.3, -0.25) is 4.79 Å². The molecule has 2 N–H and O–H groups in total. The Bertz CT molecular complexity index is 487. The quantitative estimate of drug-likeness (QED) is 0.766. The van der Waals surface area contributed by atoms with Crippen molar-refractivity contribution in [3.8, 4) is 0 Å². The van der Waals surface area contributed by atoms with Crippen LogP contribution >= 0.6 is 12.4 Å². The molecule has 2 atom stereocenters. The second kappa shape index (κ2) is 5.04. The van der Waals surface area contributed by atoms with E-state index < -0.39 is 0 Å². The van der Waals surface area contributed by atoms with Crippen molar-refractivity contribution >= 4 is 29.6 Å². The fraction of sp³-hybridized carbons (Fsp3) is 0.533. The summed E-state index contributed by atoms with van der Waals surface area (Å²) < 4.78 is 0. The van der Waals surface area contributed by atoms with Crippen LogP contribution in [0.1, 0.15) is 26.7 Å². The maximum atomic E-state index is 12.3. The lowest BCUT2D eigenvalue weighted by molar-refractivity contribution is -0.127. The molecule has 1 aliphatic heterocycles. The van der Waals surface area contributed by atoms with Gasteiger partial charge < -0.3 is 10.6 Å². The van der Waals surface area contributed by atoms with Gasteiger partial charge in [0.2, 0.25) is 0 Å². The van der Waals surface area contributed by atoms with Crippen molar-refractivity contribution in [1.82, 2.24) is 0 Å². The summed E-state index contributed by atoms with van der Waals surface area (Å²) >= 11 is 0. The average molecular weight is 281 g/mol. The van der Waals surface area contributed by atoms with Gasteiger partial charge in [-0.1, -0.05) is 26.0 Å². The molecule has 0 aromatic heterocycles. The molecule has 104 valence electrons. The van der Waals surface area contributed by atoms with E-state index in [9.17, 15) is 4.79 Å². The molecule has 1 aromatic carbocycles. The van der Waals surface area contributed by atoms with E-state index in [4.69, 9.17) is 0 Å². The number of nitrogens with one attached hydrogen (secondary N) is 2. The van der Waals surface area contributed by atoms with Gasteiger partial charge in [0, 0.05) is 19.0 Å². The second-order valence-electron chi connectivity index (χ2n) is 6.30. The minimum absolute atomic E-state index is 0. The average Bonchev–Trinajstić information content (AvgIpc) is 2.46. The number of carbonyl (C=O) groups is 1. The molecule has 2 aliphatic rings. The molecule has 1 saturated carbocycles. The lowest BCUT2D eigenvalue weighted by Crippen LogP contribution is -2.46. The highest BCUT2D eigenvalue weighted by Gasteiger charge is 2.41. The molecular weight excluding hydrogens is 260 g/mol. The van der Waals surface area contributed by atoms with E-state index in [1.807, 2.05) is 12.1 Å². The molecule has 0 bridgehead atoms. The van der Waals surface area contributed by atoms with Gasteiger partial charge >= 0.3 is 0 Å². The first-order valence-electron chi connectivity index (χ1n) is 6.67. The van der Waals surface area contributed by atoms with E-state index in [-0.39, 0.29) is 29.8 Å². The molecule has 3 nitrogen and oxygen atoms in total. The summed E-state index contributed by atoms with van der Waals surface area (Å²) in [5.74, 6) is 0.495. The minimum Gasteiger partial charge on any atom is -0.383 e. The summed E-state index contributed by atoms with van der Waals surface area (Å²) in [7, 11) is 0. The van der Waals surface area contributed by atoms with Crippen LogP contribution in [0, 0.1) is 11.3 Å². The number of anilines is 2. The van der Waals surface area contributed by atoms with Gasteiger partial charge in [0.25, 0.3) is 0 Å².